The van der Waals surface area contributed by atoms with Crippen molar-refractivity contribution in [1.29, 1.82) is 0 Å². The van der Waals surface area contributed by atoms with Crippen LogP contribution >= 0.6 is 0 Å². The molecule has 0 spiro atoms. The quantitative estimate of drug-likeness (QED) is 0.614. The third-order valence-corrected chi connectivity index (χ3v) is 7.03. The molecule has 0 aliphatic carbocycles. The fraction of sp³-hybridized carbons (Fsp3) is 0.391. The van der Waals surface area contributed by atoms with Gasteiger partial charge in [0.05, 0.1) is 16.3 Å². The van der Waals surface area contributed by atoms with Crippen LogP contribution in [0, 0.1) is 5.92 Å². The molecule has 0 atom stereocenters. The van der Waals surface area contributed by atoms with Gasteiger partial charge in [-0.2, -0.15) is 0 Å². The molecule has 9 heteroatoms. The molecule has 2 aromatic carbocycles. The second-order valence-corrected chi connectivity index (χ2v) is 10.7. The van der Waals surface area contributed by atoms with Gasteiger partial charge in [0.2, 0.25) is 15.9 Å². The number of hydrogen-bond acceptors (Lipinski definition) is 5. The van der Waals surface area contributed by atoms with Gasteiger partial charge in [-0.25, -0.2) is 13.1 Å². The second-order valence-electron chi connectivity index (χ2n) is 9.01. The molecule has 0 saturated carbocycles. The van der Waals surface area contributed by atoms with Crippen LogP contribution in [0.25, 0.3) is 0 Å². The Balaban J connectivity index is 1.73. The smallest absolute Gasteiger partial charge is 0.255 e. The maximum absolute atomic E-state index is 12.8. The Hall–Kier alpha value is -2.91. The van der Waals surface area contributed by atoms with Crippen LogP contribution in [0.4, 0.5) is 11.4 Å². The van der Waals surface area contributed by atoms with Gasteiger partial charge < -0.3 is 16.0 Å². The minimum Gasteiger partial charge on any atom is -0.370 e. The maximum Gasteiger partial charge on any atom is 0.255 e. The van der Waals surface area contributed by atoms with Gasteiger partial charge in [0, 0.05) is 30.1 Å². The number of primary amides is 1. The lowest BCUT2D eigenvalue weighted by Crippen LogP contribution is -2.40. The Morgan fingerprint density at radius 2 is 1.59 bits per heavy atom. The van der Waals surface area contributed by atoms with Gasteiger partial charge in [-0.1, -0.05) is 12.1 Å². The first kappa shape index (κ1) is 23.7. The molecule has 0 unspecified atom stereocenters. The SMILES string of the molecule is CC(C)(C)NS(=O)(=O)c1ccc(C(=O)Nc2ccccc2N2CCC(C(N)=O)CC2)cc1. The number of nitrogens with two attached hydrogens (primary N) is 1. The molecule has 1 saturated heterocycles. The molecule has 3 rings (SSSR count). The molecule has 0 bridgehead atoms. The fourth-order valence-electron chi connectivity index (χ4n) is 3.70. The van der Waals surface area contributed by atoms with Gasteiger partial charge in [-0.15, -0.1) is 0 Å². The third kappa shape index (κ3) is 5.86. The fourth-order valence-corrected chi connectivity index (χ4v) is 5.12. The van der Waals surface area contributed by atoms with E-state index in [2.05, 4.69) is 14.9 Å². The van der Waals surface area contributed by atoms with Crippen molar-refractivity contribution in [3.05, 3.63) is 54.1 Å². The summed E-state index contributed by atoms with van der Waals surface area (Å²) in [6, 6.07) is 13.3. The third-order valence-electron chi connectivity index (χ3n) is 5.26. The van der Waals surface area contributed by atoms with E-state index < -0.39 is 15.6 Å². The molecule has 32 heavy (non-hydrogen) atoms. The van der Waals surface area contributed by atoms with Crippen LogP contribution in [-0.2, 0) is 14.8 Å². The minimum absolute atomic E-state index is 0.0988. The number of hydrogen-bond donors (Lipinski definition) is 3. The highest BCUT2D eigenvalue weighted by Gasteiger charge is 2.25. The number of carbonyl (C=O) groups is 2. The zero-order valence-corrected chi connectivity index (χ0v) is 19.4. The molecule has 2 aromatic rings. The van der Waals surface area contributed by atoms with E-state index in [-0.39, 0.29) is 22.6 Å². The first-order chi connectivity index (χ1) is 15.0. The van der Waals surface area contributed by atoms with Crippen molar-refractivity contribution in [3.63, 3.8) is 0 Å². The van der Waals surface area contributed by atoms with Crippen LogP contribution in [0.2, 0.25) is 0 Å². The highest BCUT2D eigenvalue weighted by Crippen LogP contribution is 2.30. The number of piperidine rings is 1. The molecular formula is C23H30N4O4S. The van der Waals surface area contributed by atoms with Crippen LogP contribution in [0.5, 0.6) is 0 Å². The second kappa shape index (κ2) is 9.30. The highest BCUT2D eigenvalue weighted by atomic mass is 32.2. The number of nitrogens with one attached hydrogen (secondary N) is 2. The van der Waals surface area contributed by atoms with E-state index in [0.717, 1.165) is 5.69 Å². The Morgan fingerprint density at radius 1 is 1.00 bits per heavy atom. The van der Waals surface area contributed by atoms with E-state index in [1.807, 2.05) is 24.3 Å². The zero-order valence-electron chi connectivity index (χ0n) is 18.6. The van der Waals surface area contributed by atoms with Crippen molar-refractivity contribution in [1.82, 2.24) is 4.72 Å². The number of sulfonamides is 1. The first-order valence-corrected chi connectivity index (χ1v) is 12.0. The van der Waals surface area contributed by atoms with Gasteiger partial charge in [-0.3, -0.25) is 9.59 Å². The summed E-state index contributed by atoms with van der Waals surface area (Å²) in [5, 5.41) is 2.92. The summed E-state index contributed by atoms with van der Waals surface area (Å²) in [5.41, 5.74) is 6.69. The lowest BCUT2D eigenvalue weighted by Gasteiger charge is -2.33. The van der Waals surface area contributed by atoms with Crippen LogP contribution < -0.4 is 20.7 Å². The molecule has 0 aromatic heterocycles. The molecule has 8 nitrogen and oxygen atoms in total. The zero-order chi connectivity index (χ0) is 23.5. The summed E-state index contributed by atoms with van der Waals surface area (Å²) >= 11 is 0. The predicted octanol–water partition coefficient (Wildman–Crippen LogP) is 2.72. The molecule has 1 heterocycles. The van der Waals surface area contributed by atoms with E-state index >= 15 is 0 Å². The normalized spacial score (nSPS) is 15.4. The maximum atomic E-state index is 12.8. The number of amides is 2. The Morgan fingerprint density at radius 3 is 2.16 bits per heavy atom. The van der Waals surface area contributed by atoms with E-state index in [9.17, 15) is 18.0 Å². The van der Waals surface area contributed by atoms with Crippen molar-refractivity contribution in [3.8, 4) is 0 Å². The molecule has 2 amide bonds. The number of benzene rings is 2. The number of nitrogens with zero attached hydrogens (tertiary/aromatic N) is 1. The Bertz CT molecular complexity index is 1080. The minimum atomic E-state index is -3.67. The molecular weight excluding hydrogens is 428 g/mol. The summed E-state index contributed by atoms with van der Waals surface area (Å²) in [6.07, 6.45) is 1.35. The summed E-state index contributed by atoms with van der Waals surface area (Å²) in [5.74, 6) is -0.720. The van der Waals surface area contributed by atoms with Crippen LogP contribution in [-0.4, -0.2) is 38.9 Å². The van der Waals surface area contributed by atoms with Crippen molar-refractivity contribution >= 4 is 33.2 Å². The van der Waals surface area contributed by atoms with E-state index in [4.69, 9.17) is 5.73 Å². The van der Waals surface area contributed by atoms with Crippen LogP contribution in [0.3, 0.4) is 0 Å². The number of para-hydroxylation sites is 2. The van der Waals surface area contributed by atoms with Crippen molar-refractivity contribution in [2.75, 3.05) is 23.3 Å². The molecule has 1 aliphatic heterocycles. The lowest BCUT2D eigenvalue weighted by molar-refractivity contribution is -0.122. The monoisotopic (exact) mass is 458 g/mol. The Kier molecular flexibility index (Phi) is 6.90. The molecule has 1 aliphatic rings. The van der Waals surface area contributed by atoms with Gasteiger partial charge in [0.25, 0.3) is 5.91 Å². The molecule has 1 fully saturated rings. The number of carbonyl (C=O) groups excluding carboxylic acids is 2. The molecule has 4 N–H and O–H groups in total. The number of anilines is 2. The van der Waals surface area contributed by atoms with Gasteiger partial charge in [-0.05, 0) is 70.0 Å². The predicted molar refractivity (Wildman–Crippen MR) is 125 cm³/mol. The average molecular weight is 459 g/mol. The number of rotatable bonds is 6. The van der Waals surface area contributed by atoms with Gasteiger partial charge in [0.1, 0.15) is 0 Å². The summed E-state index contributed by atoms with van der Waals surface area (Å²) in [4.78, 5) is 26.5. The first-order valence-electron chi connectivity index (χ1n) is 10.5. The topological polar surface area (TPSA) is 122 Å². The summed E-state index contributed by atoms with van der Waals surface area (Å²) in [6.45, 7) is 6.64. The van der Waals surface area contributed by atoms with Crippen LogP contribution in [0.15, 0.2) is 53.4 Å². The largest absolute Gasteiger partial charge is 0.370 e. The molecule has 0 radical (unpaired) electrons. The summed E-state index contributed by atoms with van der Waals surface area (Å²) < 4.78 is 27.5. The van der Waals surface area contributed by atoms with Gasteiger partial charge in [0.15, 0.2) is 0 Å². The van der Waals surface area contributed by atoms with Crippen molar-refractivity contribution in [2.24, 2.45) is 11.7 Å². The van der Waals surface area contributed by atoms with E-state index in [1.165, 1.54) is 24.3 Å². The average Bonchev–Trinajstić information content (AvgIpc) is 2.72. The Labute approximate surface area is 189 Å². The standard InChI is InChI=1S/C23H30N4O4S/c1-23(2,3)26-32(30,31)18-10-8-17(9-11-18)22(29)25-19-6-4-5-7-20(19)27-14-12-16(13-15-27)21(24)28/h4-11,16,26H,12-15H2,1-3H3,(H2,24,28)(H,25,29). The highest BCUT2D eigenvalue weighted by molar-refractivity contribution is 7.89. The lowest BCUT2D eigenvalue weighted by atomic mass is 9.96. The summed E-state index contributed by atoms with van der Waals surface area (Å²) in [7, 11) is -3.67. The van der Waals surface area contributed by atoms with Crippen molar-refractivity contribution in [2.45, 2.75) is 44.0 Å². The van der Waals surface area contributed by atoms with Crippen molar-refractivity contribution < 1.29 is 18.0 Å². The van der Waals surface area contributed by atoms with Gasteiger partial charge >= 0.3 is 0 Å². The molecule has 172 valence electrons. The van der Waals surface area contributed by atoms with Crippen LogP contribution in [0.1, 0.15) is 44.0 Å². The van der Waals surface area contributed by atoms with E-state index in [0.29, 0.717) is 37.2 Å². The van der Waals surface area contributed by atoms with E-state index in [1.54, 1.807) is 20.8 Å².